The van der Waals surface area contributed by atoms with Crippen LogP contribution in [0.4, 0.5) is 11.5 Å². The van der Waals surface area contributed by atoms with Gasteiger partial charge in [0.2, 0.25) is 0 Å². The number of rotatable bonds is 3. The smallest absolute Gasteiger partial charge is 0.255 e. The number of aryl methyl sites for hydroxylation is 1. The van der Waals surface area contributed by atoms with E-state index in [1.165, 1.54) is 0 Å². The second kappa shape index (κ2) is 5.52. The number of carbonyl (C=O) groups is 1. The van der Waals surface area contributed by atoms with Crippen LogP contribution in [0.15, 0.2) is 42.6 Å². The molecule has 0 bridgehead atoms. The SMILES string of the molecule is Cc1cccc(NC(=O)c2ccnc(N(C)C)c2)c1. The molecule has 0 aliphatic carbocycles. The van der Waals surface area contributed by atoms with Gasteiger partial charge in [-0.15, -0.1) is 0 Å². The summed E-state index contributed by atoms with van der Waals surface area (Å²) in [6, 6.07) is 11.2. The summed E-state index contributed by atoms with van der Waals surface area (Å²) in [5.74, 6) is 0.632. The van der Waals surface area contributed by atoms with Crippen LogP contribution in [0.5, 0.6) is 0 Å². The third-order valence-corrected chi connectivity index (χ3v) is 2.74. The second-order valence-corrected chi connectivity index (χ2v) is 4.62. The van der Waals surface area contributed by atoms with Gasteiger partial charge >= 0.3 is 0 Å². The van der Waals surface area contributed by atoms with Gasteiger partial charge in [-0.2, -0.15) is 0 Å². The Bertz CT molecular complexity index is 593. The lowest BCUT2D eigenvalue weighted by Gasteiger charge is -2.12. The molecule has 0 fully saturated rings. The standard InChI is InChI=1S/C15H17N3O/c1-11-5-4-6-13(9-11)17-15(19)12-7-8-16-14(10-12)18(2)3/h4-10H,1-3H3,(H,17,19). The van der Waals surface area contributed by atoms with Crippen LogP contribution in [0, 0.1) is 6.92 Å². The maximum absolute atomic E-state index is 12.1. The van der Waals surface area contributed by atoms with E-state index in [0.29, 0.717) is 5.56 Å². The van der Waals surface area contributed by atoms with Crippen molar-refractivity contribution < 1.29 is 4.79 Å². The van der Waals surface area contributed by atoms with Gasteiger partial charge in [-0.05, 0) is 36.8 Å². The Balaban J connectivity index is 2.18. The fourth-order valence-electron chi connectivity index (χ4n) is 1.73. The molecule has 4 heteroatoms. The van der Waals surface area contributed by atoms with Gasteiger partial charge in [-0.3, -0.25) is 4.79 Å². The molecular formula is C15H17N3O. The van der Waals surface area contributed by atoms with Crippen LogP contribution in [-0.2, 0) is 0 Å². The van der Waals surface area contributed by atoms with Crippen molar-refractivity contribution >= 4 is 17.4 Å². The van der Waals surface area contributed by atoms with E-state index in [9.17, 15) is 4.79 Å². The van der Waals surface area contributed by atoms with Gasteiger partial charge in [0.25, 0.3) is 5.91 Å². The summed E-state index contributed by atoms with van der Waals surface area (Å²) in [5.41, 5.74) is 2.51. The van der Waals surface area contributed by atoms with E-state index in [-0.39, 0.29) is 5.91 Å². The predicted molar refractivity (Wildman–Crippen MR) is 77.7 cm³/mol. The number of amides is 1. The first-order chi connectivity index (χ1) is 9.06. The molecule has 2 aromatic rings. The minimum absolute atomic E-state index is 0.129. The molecule has 0 spiro atoms. The highest BCUT2D eigenvalue weighted by Gasteiger charge is 2.08. The monoisotopic (exact) mass is 255 g/mol. The van der Waals surface area contributed by atoms with Crippen molar-refractivity contribution in [1.29, 1.82) is 0 Å². The summed E-state index contributed by atoms with van der Waals surface area (Å²) in [6.45, 7) is 1.99. The number of benzene rings is 1. The Labute approximate surface area is 113 Å². The van der Waals surface area contributed by atoms with Crippen molar-refractivity contribution in [3.05, 3.63) is 53.7 Å². The van der Waals surface area contributed by atoms with E-state index in [1.54, 1.807) is 18.3 Å². The molecule has 19 heavy (non-hydrogen) atoms. The first kappa shape index (κ1) is 13.1. The number of aromatic nitrogens is 1. The zero-order valence-electron chi connectivity index (χ0n) is 11.3. The zero-order chi connectivity index (χ0) is 13.8. The molecular weight excluding hydrogens is 238 g/mol. The summed E-state index contributed by atoms with van der Waals surface area (Å²) in [6.07, 6.45) is 1.64. The Morgan fingerprint density at radius 1 is 1.21 bits per heavy atom. The van der Waals surface area contributed by atoms with Crippen LogP contribution in [0.25, 0.3) is 0 Å². The average Bonchev–Trinajstić information content (AvgIpc) is 2.39. The van der Waals surface area contributed by atoms with Gasteiger partial charge in [0.1, 0.15) is 5.82 Å². The van der Waals surface area contributed by atoms with Crippen LogP contribution >= 0.6 is 0 Å². The van der Waals surface area contributed by atoms with Gasteiger partial charge in [0, 0.05) is 31.5 Å². The Hall–Kier alpha value is -2.36. The van der Waals surface area contributed by atoms with Crippen LogP contribution < -0.4 is 10.2 Å². The summed E-state index contributed by atoms with van der Waals surface area (Å²) < 4.78 is 0. The summed E-state index contributed by atoms with van der Waals surface area (Å²) in [4.78, 5) is 18.2. The van der Waals surface area contributed by atoms with Crippen molar-refractivity contribution in [2.45, 2.75) is 6.92 Å². The van der Waals surface area contributed by atoms with Gasteiger partial charge in [0.05, 0.1) is 0 Å². The van der Waals surface area contributed by atoms with Gasteiger partial charge < -0.3 is 10.2 Å². The molecule has 1 heterocycles. The Kier molecular flexibility index (Phi) is 3.80. The topological polar surface area (TPSA) is 45.2 Å². The lowest BCUT2D eigenvalue weighted by atomic mass is 10.2. The van der Waals surface area contributed by atoms with Gasteiger partial charge in [-0.1, -0.05) is 12.1 Å². The highest BCUT2D eigenvalue weighted by molar-refractivity contribution is 6.04. The van der Waals surface area contributed by atoms with E-state index in [2.05, 4.69) is 10.3 Å². The zero-order valence-corrected chi connectivity index (χ0v) is 11.3. The minimum Gasteiger partial charge on any atom is -0.363 e. The number of nitrogens with zero attached hydrogens (tertiary/aromatic N) is 2. The van der Waals surface area contributed by atoms with E-state index in [0.717, 1.165) is 17.1 Å². The van der Waals surface area contributed by atoms with Crippen molar-refractivity contribution in [2.75, 3.05) is 24.3 Å². The van der Waals surface area contributed by atoms with Gasteiger partial charge in [0.15, 0.2) is 0 Å². The van der Waals surface area contributed by atoms with Crippen LogP contribution in [0.1, 0.15) is 15.9 Å². The summed E-state index contributed by atoms with van der Waals surface area (Å²) in [5, 5.41) is 2.88. The molecule has 0 saturated carbocycles. The lowest BCUT2D eigenvalue weighted by Crippen LogP contribution is -2.15. The van der Waals surface area contributed by atoms with Crippen molar-refractivity contribution in [3.63, 3.8) is 0 Å². The molecule has 1 N–H and O–H groups in total. The maximum atomic E-state index is 12.1. The normalized spacial score (nSPS) is 10.1. The first-order valence-electron chi connectivity index (χ1n) is 6.07. The Morgan fingerprint density at radius 2 is 2.00 bits per heavy atom. The molecule has 0 atom stereocenters. The van der Waals surface area contributed by atoms with Gasteiger partial charge in [-0.25, -0.2) is 4.98 Å². The average molecular weight is 255 g/mol. The number of pyridine rings is 1. The van der Waals surface area contributed by atoms with E-state index < -0.39 is 0 Å². The van der Waals surface area contributed by atoms with Crippen LogP contribution in [-0.4, -0.2) is 25.0 Å². The molecule has 0 saturated heterocycles. The number of hydrogen-bond acceptors (Lipinski definition) is 3. The lowest BCUT2D eigenvalue weighted by molar-refractivity contribution is 0.102. The fourth-order valence-corrected chi connectivity index (χ4v) is 1.73. The molecule has 1 aromatic heterocycles. The van der Waals surface area contributed by atoms with Crippen LogP contribution in [0.2, 0.25) is 0 Å². The summed E-state index contributed by atoms with van der Waals surface area (Å²) in [7, 11) is 3.79. The second-order valence-electron chi connectivity index (χ2n) is 4.62. The third-order valence-electron chi connectivity index (χ3n) is 2.74. The van der Waals surface area contributed by atoms with Crippen molar-refractivity contribution in [3.8, 4) is 0 Å². The molecule has 0 radical (unpaired) electrons. The molecule has 1 amide bonds. The molecule has 98 valence electrons. The number of anilines is 2. The number of nitrogens with one attached hydrogen (secondary N) is 1. The third kappa shape index (κ3) is 3.31. The molecule has 0 unspecified atom stereocenters. The Morgan fingerprint density at radius 3 is 2.68 bits per heavy atom. The highest BCUT2D eigenvalue weighted by Crippen LogP contribution is 2.14. The fraction of sp³-hybridized carbons (Fsp3) is 0.200. The molecule has 4 nitrogen and oxygen atoms in total. The van der Waals surface area contributed by atoms with Crippen molar-refractivity contribution in [1.82, 2.24) is 4.98 Å². The first-order valence-corrected chi connectivity index (χ1v) is 6.07. The number of hydrogen-bond donors (Lipinski definition) is 1. The predicted octanol–water partition coefficient (Wildman–Crippen LogP) is 2.71. The maximum Gasteiger partial charge on any atom is 0.255 e. The molecule has 1 aromatic carbocycles. The quantitative estimate of drug-likeness (QED) is 0.917. The van der Waals surface area contributed by atoms with Crippen molar-refractivity contribution in [2.24, 2.45) is 0 Å². The van der Waals surface area contributed by atoms with Crippen LogP contribution in [0.3, 0.4) is 0 Å². The molecule has 2 rings (SSSR count). The minimum atomic E-state index is -0.129. The molecule has 0 aliphatic rings. The largest absolute Gasteiger partial charge is 0.363 e. The number of carbonyl (C=O) groups excluding carboxylic acids is 1. The van der Waals surface area contributed by atoms with E-state index in [4.69, 9.17) is 0 Å². The molecule has 0 aliphatic heterocycles. The van der Waals surface area contributed by atoms with E-state index >= 15 is 0 Å². The summed E-state index contributed by atoms with van der Waals surface area (Å²) >= 11 is 0. The van der Waals surface area contributed by atoms with E-state index in [1.807, 2.05) is 50.2 Å². The highest BCUT2D eigenvalue weighted by atomic mass is 16.1.